The number of fused-ring (bicyclic) bond motifs is 3. The molecule has 2 N–H and O–H groups in total. The van der Waals surface area contributed by atoms with Crippen LogP contribution in [0.3, 0.4) is 0 Å². The molecule has 0 spiro atoms. The number of rotatable bonds is 10. The SMILES string of the molecule is COc1ccc(CNc2nc3c(OC)cccc3c3nc(CCS(=O)(=NC(=O)O)C4CC4)nn23)c(OC)c1. The molecule has 5 rings (SSSR count). The first-order valence-corrected chi connectivity index (χ1v) is 13.7. The number of nitrogens with zero attached hydrogens (tertiary/aromatic N) is 5. The van der Waals surface area contributed by atoms with Crippen LogP contribution in [0.15, 0.2) is 40.8 Å². The van der Waals surface area contributed by atoms with Crippen LogP contribution >= 0.6 is 0 Å². The molecule has 1 fully saturated rings. The summed E-state index contributed by atoms with van der Waals surface area (Å²) in [5.41, 5.74) is 2.03. The van der Waals surface area contributed by atoms with Crippen molar-refractivity contribution in [2.24, 2.45) is 4.36 Å². The lowest BCUT2D eigenvalue weighted by molar-refractivity contribution is 0.206. The molecule has 1 amide bonds. The highest BCUT2D eigenvalue weighted by Crippen LogP contribution is 2.32. The van der Waals surface area contributed by atoms with Gasteiger partial charge in [-0.05, 0) is 37.1 Å². The zero-order chi connectivity index (χ0) is 26.9. The minimum absolute atomic E-state index is 0.0708. The number of anilines is 1. The Morgan fingerprint density at radius 1 is 1.13 bits per heavy atom. The van der Waals surface area contributed by atoms with Crippen molar-refractivity contribution in [1.29, 1.82) is 0 Å². The van der Waals surface area contributed by atoms with Crippen LogP contribution in [0, 0.1) is 0 Å². The van der Waals surface area contributed by atoms with Crippen molar-refractivity contribution >= 4 is 38.3 Å². The first-order chi connectivity index (χ1) is 18.3. The van der Waals surface area contributed by atoms with E-state index in [1.165, 1.54) is 0 Å². The minimum Gasteiger partial charge on any atom is -0.497 e. The van der Waals surface area contributed by atoms with Gasteiger partial charge in [-0.3, -0.25) is 0 Å². The fraction of sp³-hybridized carbons (Fsp3) is 0.360. The van der Waals surface area contributed by atoms with Gasteiger partial charge in [-0.15, -0.1) is 9.46 Å². The van der Waals surface area contributed by atoms with Crippen molar-refractivity contribution in [3.8, 4) is 17.2 Å². The maximum Gasteiger partial charge on any atom is 0.439 e. The standard InChI is InChI=1S/C25H28N6O6S/c1-35-16-8-7-15(20(13-16)37-3)14-26-24-28-22-18(5-4-6-19(22)36-2)23-27-21(29-31(23)24)11-12-38(34,17-9-10-17)30-25(32)33/h4-8,13,17H,9-12,14H2,1-3H3,(H,26,28)(H,32,33). The van der Waals surface area contributed by atoms with Gasteiger partial charge in [-0.2, -0.15) is 4.52 Å². The molecule has 1 unspecified atom stereocenters. The van der Waals surface area contributed by atoms with Crippen molar-refractivity contribution in [3.05, 3.63) is 47.8 Å². The zero-order valence-corrected chi connectivity index (χ0v) is 22.0. The van der Waals surface area contributed by atoms with Crippen LogP contribution < -0.4 is 19.5 Å². The third kappa shape index (κ3) is 5.01. The molecule has 38 heavy (non-hydrogen) atoms. The van der Waals surface area contributed by atoms with Gasteiger partial charge in [0.1, 0.15) is 22.8 Å². The van der Waals surface area contributed by atoms with E-state index in [2.05, 4.69) is 14.8 Å². The molecular formula is C25H28N6O6S. The number of nitrogens with one attached hydrogen (secondary N) is 1. The first-order valence-electron chi connectivity index (χ1n) is 12.0. The van der Waals surface area contributed by atoms with Gasteiger partial charge in [0.25, 0.3) is 0 Å². The molecule has 13 heteroatoms. The summed E-state index contributed by atoms with van der Waals surface area (Å²) >= 11 is 0. The number of aromatic nitrogens is 4. The fourth-order valence-corrected chi connectivity index (χ4v) is 6.48. The fourth-order valence-electron chi connectivity index (χ4n) is 4.30. The van der Waals surface area contributed by atoms with Crippen molar-refractivity contribution in [1.82, 2.24) is 19.6 Å². The number of carboxylic acid groups (broad SMARTS) is 1. The molecule has 2 aromatic carbocycles. The second-order valence-corrected chi connectivity index (χ2v) is 11.4. The summed E-state index contributed by atoms with van der Waals surface area (Å²) < 4.78 is 34.7. The number of hydrogen-bond donors (Lipinski definition) is 2. The third-order valence-corrected chi connectivity index (χ3v) is 9.12. The molecular weight excluding hydrogens is 512 g/mol. The molecule has 0 saturated heterocycles. The van der Waals surface area contributed by atoms with Gasteiger partial charge in [-0.1, -0.05) is 6.07 Å². The Labute approximate surface area is 219 Å². The topological polar surface area (TPSA) is 150 Å². The summed E-state index contributed by atoms with van der Waals surface area (Å²) in [7, 11) is 1.87. The molecule has 1 saturated carbocycles. The lowest BCUT2D eigenvalue weighted by atomic mass is 10.2. The van der Waals surface area contributed by atoms with Crippen molar-refractivity contribution in [2.45, 2.75) is 31.1 Å². The molecule has 2 aromatic heterocycles. The predicted molar refractivity (Wildman–Crippen MR) is 142 cm³/mol. The summed E-state index contributed by atoms with van der Waals surface area (Å²) in [4.78, 5) is 20.7. The summed E-state index contributed by atoms with van der Waals surface area (Å²) in [6.45, 7) is 0.373. The Bertz CT molecular complexity index is 1640. The van der Waals surface area contributed by atoms with Gasteiger partial charge in [0.05, 0.1) is 31.1 Å². The predicted octanol–water partition coefficient (Wildman–Crippen LogP) is 3.77. The van der Waals surface area contributed by atoms with Gasteiger partial charge in [0.2, 0.25) is 5.95 Å². The van der Waals surface area contributed by atoms with E-state index < -0.39 is 15.8 Å². The highest BCUT2D eigenvalue weighted by Gasteiger charge is 2.34. The van der Waals surface area contributed by atoms with E-state index in [-0.39, 0.29) is 17.4 Å². The highest BCUT2D eigenvalue weighted by molar-refractivity contribution is 7.94. The largest absolute Gasteiger partial charge is 0.497 e. The lowest BCUT2D eigenvalue weighted by Crippen LogP contribution is -2.16. The second-order valence-electron chi connectivity index (χ2n) is 8.80. The van der Waals surface area contributed by atoms with E-state index in [0.717, 1.165) is 10.9 Å². The van der Waals surface area contributed by atoms with Crippen LogP contribution in [0.2, 0.25) is 0 Å². The molecule has 12 nitrogen and oxygen atoms in total. The zero-order valence-electron chi connectivity index (χ0n) is 21.2. The molecule has 1 aliphatic rings. The summed E-state index contributed by atoms with van der Waals surface area (Å²) in [5.74, 6) is 2.83. The normalized spacial score (nSPS) is 14.7. The number of benzene rings is 2. The Kier molecular flexibility index (Phi) is 6.93. The number of aryl methyl sites for hydroxylation is 1. The summed E-state index contributed by atoms with van der Waals surface area (Å²) in [6, 6.07) is 11.1. The quantitative estimate of drug-likeness (QED) is 0.304. The second kappa shape index (κ2) is 10.3. The van der Waals surface area contributed by atoms with Gasteiger partial charge < -0.3 is 24.6 Å². The van der Waals surface area contributed by atoms with Crippen LogP contribution in [0.4, 0.5) is 10.7 Å². The van der Waals surface area contributed by atoms with Crippen LogP contribution in [0.5, 0.6) is 17.2 Å². The number of para-hydroxylation sites is 1. The average Bonchev–Trinajstić information content (AvgIpc) is 3.69. The number of amides is 1. The molecule has 4 aromatic rings. The minimum atomic E-state index is -2.89. The van der Waals surface area contributed by atoms with Gasteiger partial charge >= 0.3 is 6.09 Å². The smallest absolute Gasteiger partial charge is 0.439 e. The van der Waals surface area contributed by atoms with E-state index in [4.69, 9.17) is 29.3 Å². The van der Waals surface area contributed by atoms with Crippen LogP contribution in [0.25, 0.3) is 16.6 Å². The van der Waals surface area contributed by atoms with Crippen LogP contribution in [0.1, 0.15) is 24.2 Å². The molecule has 1 atom stereocenters. The molecule has 1 aliphatic carbocycles. The molecule has 2 heterocycles. The maximum absolute atomic E-state index is 13.2. The molecule has 0 radical (unpaired) electrons. The van der Waals surface area contributed by atoms with Crippen molar-refractivity contribution in [2.75, 3.05) is 32.4 Å². The van der Waals surface area contributed by atoms with E-state index in [0.29, 0.717) is 59.6 Å². The van der Waals surface area contributed by atoms with E-state index in [9.17, 15) is 9.00 Å². The van der Waals surface area contributed by atoms with E-state index in [1.54, 1.807) is 31.9 Å². The Hall–Kier alpha value is -4.13. The Morgan fingerprint density at radius 3 is 2.61 bits per heavy atom. The maximum atomic E-state index is 13.2. The molecule has 0 bridgehead atoms. The van der Waals surface area contributed by atoms with Gasteiger partial charge in [0, 0.05) is 41.0 Å². The lowest BCUT2D eigenvalue weighted by Gasteiger charge is -2.13. The summed E-state index contributed by atoms with van der Waals surface area (Å²) in [5, 5.41) is 17.6. The van der Waals surface area contributed by atoms with Gasteiger partial charge in [-0.25, -0.2) is 19.0 Å². The van der Waals surface area contributed by atoms with E-state index in [1.807, 2.05) is 30.3 Å². The highest BCUT2D eigenvalue weighted by atomic mass is 32.2. The summed E-state index contributed by atoms with van der Waals surface area (Å²) in [6.07, 6.45) is 0.231. The first kappa shape index (κ1) is 25.5. The number of carbonyl (C=O) groups is 1. The van der Waals surface area contributed by atoms with Crippen LogP contribution in [-0.2, 0) is 22.7 Å². The molecule has 200 valence electrons. The van der Waals surface area contributed by atoms with Crippen LogP contribution in [-0.4, -0.2) is 67.3 Å². The number of hydrogen-bond acceptors (Lipinski definition) is 9. The third-order valence-electron chi connectivity index (χ3n) is 6.36. The number of ether oxygens (including phenoxy) is 3. The Balaban J connectivity index is 1.53. The van der Waals surface area contributed by atoms with Crippen molar-refractivity contribution < 1.29 is 28.3 Å². The Morgan fingerprint density at radius 2 is 1.92 bits per heavy atom. The average molecular weight is 541 g/mol. The van der Waals surface area contributed by atoms with Gasteiger partial charge in [0.15, 0.2) is 11.5 Å². The van der Waals surface area contributed by atoms with E-state index >= 15 is 0 Å². The number of methoxy groups -OCH3 is 3. The van der Waals surface area contributed by atoms with Crippen molar-refractivity contribution in [3.63, 3.8) is 0 Å². The monoisotopic (exact) mass is 540 g/mol. The molecule has 0 aliphatic heterocycles.